The van der Waals surface area contributed by atoms with Crippen LogP contribution in [0.3, 0.4) is 0 Å². The lowest BCUT2D eigenvalue weighted by Crippen LogP contribution is -1.87. The van der Waals surface area contributed by atoms with E-state index in [4.69, 9.17) is 5.26 Å². The maximum absolute atomic E-state index is 8.66. The predicted molar refractivity (Wildman–Crippen MR) is 69.3 cm³/mol. The van der Waals surface area contributed by atoms with Gasteiger partial charge in [-0.1, -0.05) is 17.8 Å². The second-order valence-corrected chi connectivity index (χ2v) is 5.33. The minimum atomic E-state index is 0.355. The molecule has 0 amide bonds. The van der Waals surface area contributed by atoms with Gasteiger partial charge in [-0.05, 0) is 42.5 Å². The molecule has 0 saturated heterocycles. The Morgan fingerprint density at radius 1 is 1.11 bits per heavy atom. The second kappa shape index (κ2) is 4.79. The first kappa shape index (κ1) is 11.2. The van der Waals surface area contributed by atoms with E-state index in [1.54, 1.807) is 18.0 Å². The van der Waals surface area contributed by atoms with Crippen LogP contribution in [0.4, 0.5) is 0 Å². The van der Waals surface area contributed by atoms with Crippen molar-refractivity contribution < 1.29 is 0 Å². The third kappa shape index (κ3) is 2.22. The van der Waals surface area contributed by atoms with Crippen molar-refractivity contribution in [2.45, 2.75) is 29.2 Å². The van der Waals surface area contributed by atoms with E-state index in [0.29, 0.717) is 5.69 Å². The number of nitriles is 1. The van der Waals surface area contributed by atoms with Gasteiger partial charge >= 0.3 is 0 Å². The molecular weight excluding hydrogens is 242 g/mol. The molecule has 0 radical (unpaired) electrons. The fraction of sp³-hybridized carbons (Fsp3) is 0.214. The van der Waals surface area contributed by atoms with Gasteiger partial charge in [0.1, 0.15) is 11.1 Å². The minimum Gasteiger partial charge on any atom is -0.245 e. The highest BCUT2D eigenvalue weighted by atomic mass is 32.2. The number of hydrogen-bond donors (Lipinski definition) is 0. The van der Waals surface area contributed by atoms with E-state index in [2.05, 4.69) is 28.2 Å². The molecule has 0 saturated carbocycles. The molecule has 0 bridgehead atoms. The van der Waals surface area contributed by atoms with E-state index in [9.17, 15) is 0 Å². The van der Waals surface area contributed by atoms with Gasteiger partial charge < -0.3 is 0 Å². The summed E-state index contributed by atoms with van der Waals surface area (Å²) in [4.78, 5) is 9.43. The topological polar surface area (TPSA) is 49.6 Å². The molecule has 18 heavy (non-hydrogen) atoms. The van der Waals surface area contributed by atoms with Crippen LogP contribution >= 0.6 is 11.8 Å². The Morgan fingerprint density at radius 3 is 2.78 bits per heavy atom. The van der Waals surface area contributed by atoms with Gasteiger partial charge in [-0.2, -0.15) is 5.26 Å². The van der Waals surface area contributed by atoms with E-state index < -0.39 is 0 Å². The van der Waals surface area contributed by atoms with Crippen LogP contribution in [-0.2, 0) is 12.8 Å². The maximum Gasteiger partial charge on any atom is 0.158 e. The summed E-state index contributed by atoms with van der Waals surface area (Å²) in [5, 5.41) is 9.49. The lowest BCUT2D eigenvalue weighted by atomic mass is 10.1. The van der Waals surface area contributed by atoms with Crippen molar-refractivity contribution in [2.75, 3.05) is 0 Å². The van der Waals surface area contributed by atoms with E-state index in [0.717, 1.165) is 5.03 Å². The molecule has 3 rings (SSSR count). The average molecular weight is 253 g/mol. The van der Waals surface area contributed by atoms with Gasteiger partial charge in [0.2, 0.25) is 0 Å². The Bertz CT molecular complexity index is 614. The Kier molecular flexibility index (Phi) is 2.99. The van der Waals surface area contributed by atoms with Crippen molar-refractivity contribution in [3.8, 4) is 6.07 Å². The number of aromatic nitrogens is 2. The highest BCUT2D eigenvalue weighted by Crippen LogP contribution is 2.30. The van der Waals surface area contributed by atoms with Crippen molar-refractivity contribution >= 4 is 11.8 Å². The molecule has 88 valence electrons. The summed E-state index contributed by atoms with van der Waals surface area (Å²) in [6.45, 7) is 0. The molecule has 1 heterocycles. The molecule has 0 N–H and O–H groups in total. The molecule has 1 aromatic heterocycles. The SMILES string of the molecule is N#Cc1cnc(Sc2ccc3c(c2)CCC3)cn1. The fourth-order valence-electron chi connectivity index (χ4n) is 2.16. The summed E-state index contributed by atoms with van der Waals surface area (Å²) in [6.07, 6.45) is 6.81. The fourth-order valence-corrected chi connectivity index (χ4v) is 2.95. The van der Waals surface area contributed by atoms with Gasteiger partial charge in [0.15, 0.2) is 5.69 Å². The van der Waals surface area contributed by atoms with Gasteiger partial charge in [-0.3, -0.25) is 0 Å². The molecule has 3 nitrogen and oxygen atoms in total. The number of aryl methyl sites for hydroxylation is 2. The largest absolute Gasteiger partial charge is 0.245 e. The molecule has 0 atom stereocenters. The summed E-state index contributed by atoms with van der Waals surface area (Å²) in [7, 11) is 0. The zero-order valence-corrected chi connectivity index (χ0v) is 10.6. The van der Waals surface area contributed by atoms with Crippen LogP contribution in [0.15, 0.2) is 40.5 Å². The maximum atomic E-state index is 8.66. The van der Waals surface area contributed by atoms with Crippen LogP contribution < -0.4 is 0 Å². The number of fused-ring (bicyclic) bond motifs is 1. The zero-order chi connectivity index (χ0) is 12.4. The summed E-state index contributed by atoms with van der Waals surface area (Å²) in [5.41, 5.74) is 3.29. The van der Waals surface area contributed by atoms with Gasteiger partial charge in [-0.15, -0.1) is 0 Å². The van der Waals surface area contributed by atoms with Crippen LogP contribution in [0.1, 0.15) is 23.2 Å². The lowest BCUT2D eigenvalue weighted by Gasteiger charge is -2.03. The minimum absolute atomic E-state index is 0.355. The first-order valence-electron chi connectivity index (χ1n) is 5.87. The molecule has 0 unspecified atom stereocenters. The number of rotatable bonds is 2. The van der Waals surface area contributed by atoms with E-state index >= 15 is 0 Å². The highest BCUT2D eigenvalue weighted by molar-refractivity contribution is 7.99. The number of hydrogen-bond acceptors (Lipinski definition) is 4. The van der Waals surface area contributed by atoms with Crippen molar-refractivity contribution in [2.24, 2.45) is 0 Å². The lowest BCUT2D eigenvalue weighted by molar-refractivity contribution is 0.911. The van der Waals surface area contributed by atoms with E-state index in [1.165, 1.54) is 41.5 Å². The van der Waals surface area contributed by atoms with Crippen LogP contribution in [0.2, 0.25) is 0 Å². The van der Waals surface area contributed by atoms with Gasteiger partial charge in [0.25, 0.3) is 0 Å². The third-order valence-electron chi connectivity index (χ3n) is 3.04. The average Bonchev–Trinajstić information content (AvgIpc) is 2.87. The highest BCUT2D eigenvalue weighted by Gasteiger charge is 2.11. The van der Waals surface area contributed by atoms with Gasteiger partial charge in [-0.25, -0.2) is 9.97 Å². The molecule has 1 aliphatic carbocycles. The standard InChI is InChI=1S/C14H11N3S/c15-7-12-8-17-14(9-16-12)18-13-5-4-10-2-1-3-11(10)6-13/h4-6,8-9H,1-3H2. The second-order valence-electron chi connectivity index (χ2n) is 4.24. The van der Waals surface area contributed by atoms with Crippen LogP contribution in [0.5, 0.6) is 0 Å². The molecule has 1 aliphatic rings. The molecule has 0 spiro atoms. The molecular formula is C14H11N3S. The van der Waals surface area contributed by atoms with Crippen LogP contribution in [0.25, 0.3) is 0 Å². The summed E-state index contributed by atoms with van der Waals surface area (Å²) in [6, 6.07) is 8.56. The molecule has 0 fully saturated rings. The van der Waals surface area contributed by atoms with Gasteiger partial charge in [0, 0.05) is 4.90 Å². The molecule has 4 heteroatoms. The van der Waals surface area contributed by atoms with Gasteiger partial charge in [0.05, 0.1) is 12.4 Å². The number of benzene rings is 1. The van der Waals surface area contributed by atoms with Crippen molar-refractivity contribution in [1.82, 2.24) is 9.97 Å². The third-order valence-corrected chi connectivity index (χ3v) is 3.94. The van der Waals surface area contributed by atoms with Crippen molar-refractivity contribution in [3.63, 3.8) is 0 Å². The molecule has 0 aliphatic heterocycles. The van der Waals surface area contributed by atoms with Crippen LogP contribution in [0, 0.1) is 11.3 Å². The Hall–Kier alpha value is -1.86. The zero-order valence-electron chi connectivity index (χ0n) is 9.76. The molecule has 1 aromatic carbocycles. The Balaban J connectivity index is 1.81. The Morgan fingerprint density at radius 2 is 2.00 bits per heavy atom. The Labute approximate surface area is 110 Å². The summed E-state index contributed by atoms with van der Waals surface area (Å²) >= 11 is 1.59. The van der Waals surface area contributed by atoms with E-state index in [1.807, 2.05) is 6.07 Å². The summed E-state index contributed by atoms with van der Waals surface area (Å²) in [5.74, 6) is 0. The number of nitrogens with zero attached hydrogens (tertiary/aromatic N) is 3. The van der Waals surface area contributed by atoms with Crippen molar-refractivity contribution in [3.05, 3.63) is 47.4 Å². The first-order valence-corrected chi connectivity index (χ1v) is 6.68. The monoisotopic (exact) mass is 253 g/mol. The summed E-state index contributed by atoms with van der Waals surface area (Å²) < 4.78 is 0. The smallest absolute Gasteiger partial charge is 0.158 e. The first-order chi connectivity index (χ1) is 8.85. The molecule has 2 aromatic rings. The van der Waals surface area contributed by atoms with Crippen LogP contribution in [-0.4, -0.2) is 9.97 Å². The quantitative estimate of drug-likeness (QED) is 0.825. The van der Waals surface area contributed by atoms with E-state index in [-0.39, 0.29) is 0 Å². The predicted octanol–water partition coefficient (Wildman–Crippen LogP) is 2.99. The normalized spacial score (nSPS) is 13.1. The van der Waals surface area contributed by atoms with Crippen molar-refractivity contribution in [1.29, 1.82) is 5.26 Å².